The molecule has 0 saturated carbocycles. The van der Waals surface area contributed by atoms with E-state index in [9.17, 15) is 0 Å². The molecule has 0 fully saturated rings. The van der Waals surface area contributed by atoms with Crippen molar-refractivity contribution < 1.29 is 0 Å². The van der Waals surface area contributed by atoms with Crippen molar-refractivity contribution in [3.8, 4) is 0 Å². The summed E-state index contributed by atoms with van der Waals surface area (Å²) in [5.74, 6) is 0. The van der Waals surface area contributed by atoms with Crippen LogP contribution >= 0.6 is 23.4 Å². The molecular weight excluding hydrogens is 212 g/mol. The molecule has 1 aromatic carbocycles. The van der Waals surface area contributed by atoms with E-state index >= 15 is 0 Å². The Morgan fingerprint density at radius 1 is 1.29 bits per heavy atom. The number of allylic oxidation sites excluding steroid dienone is 3. The predicted octanol–water partition coefficient (Wildman–Crippen LogP) is 4.32. The highest BCUT2D eigenvalue weighted by atomic mass is 35.5. The number of benzene rings is 1. The SMILES string of the molecule is CC(Cl)C1=CC=Cc2ccccc2S1. The van der Waals surface area contributed by atoms with Crippen molar-refractivity contribution in [2.75, 3.05) is 0 Å². The van der Waals surface area contributed by atoms with Gasteiger partial charge in [-0.15, -0.1) is 11.6 Å². The van der Waals surface area contributed by atoms with Crippen LogP contribution in [0.3, 0.4) is 0 Å². The summed E-state index contributed by atoms with van der Waals surface area (Å²) in [5.41, 5.74) is 1.26. The van der Waals surface area contributed by atoms with Crippen molar-refractivity contribution in [3.05, 3.63) is 46.9 Å². The predicted molar refractivity (Wildman–Crippen MR) is 64.7 cm³/mol. The minimum Gasteiger partial charge on any atom is -0.118 e. The number of fused-ring (bicyclic) bond motifs is 1. The lowest BCUT2D eigenvalue weighted by Crippen LogP contribution is -1.92. The van der Waals surface area contributed by atoms with Crippen LogP contribution < -0.4 is 0 Å². The molecule has 0 bridgehead atoms. The van der Waals surface area contributed by atoms with E-state index in [1.165, 1.54) is 15.4 Å². The van der Waals surface area contributed by atoms with Gasteiger partial charge in [-0.1, -0.05) is 48.2 Å². The molecule has 72 valence electrons. The molecule has 1 aromatic rings. The Morgan fingerprint density at radius 3 is 2.86 bits per heavy atom. The third-order valence-electron chi connectivity index (χ3n) is 2.08. The fourth-order valence-electron chi connectivity index (χ4n) is 1.33. The van der Waals surface area contributed by atoms with Gasteiger partial charge >= 0.3 is 0 Å². The molecule has 0 N–H and O–H groups in total. The lowest BCUT2D eigenvalue weighted by Gasteiger charge is -2.08. The zero-order valence-electron chi connectivity index (χ0n) is 7.91. The Labute approximate surface area is 93.7 Å². The summed E-state index contributed by atoms with van der Waals surface area (Å²) >= 11 is 7.83. The molecule has 14 heavy (non-hydrogen) atoms. The van der Waals surface area contributed by atoms with Crippen LogP contribution in [-0.4, -0.2) is 5.38 Å². The summed E-state index contributed by atoms with van der Waals surface area (Å²) in [6.07, 6.45) is 6.27. The van der Waals surface area contributed by atoms with Crippen LogP contribution in [0, 0.1) is 0 Å². The second-order valence-corrected chi connectivity index (χ2v) is 4.95. The maximum Gasteiger partial charge on any atom is 0.0619 e. The molecule has 1 heterocycles. The first-order valence-electron chi connectivity index (χ1n) is 4.56. The minimum atomic E-state index is 0.0795. The molecule has 0 radical (unpaired) electrons. The van der Waals surface area contributed by atoms with Gasteiger partial charge in [0.05, 0.1) is 5.38 Å². The topological polar surface area (TPSA) is 0 Å². The first-order chi connectivity index (χ1) is 6.77. The molecule has 0 aromatic heterocycles. The summed E-state index contributed by atoms with van der Waals surface area (Å²) in [7, 11) is 0. The van der Waals surface area contributed by atoms with Crippen molar-refractivity contribution in [1.29, 1.82) is 0 Å². The zero-order chi connectivity index (χ0) is 9.97. The molecule has 2 heteroatoms. The molecule has 1 unspecified atom stereocenters. The van der Waals surface area contributed by atoms with Crippen LogP contribution in [0.15, 0.2) is 46.2 Å². The standard InChI is InChI=1S/C12H11ClS/c1-9(13)11-8-4-6-10-5-2-3-7-12(10)14-11/h2-9H,1H3. The van der Waals surface area contributed by atoms with Gasteiger partial charge in [0.25, 0.3) is 0 Å². The minimum absolute atomic E-state index is 0.0795. The summed E-state index contributed by atoms with van der Waals surface area (Å²) in [6, 6.07) is 8.36. The van der Waals surface area contributed by atoms with Gasteiger partial charge in [-0.25, -0.2) is 0 Å². The van der Waals surface area contributed by atoms with Crippen LogP contribution in [0.5, 0.6) is 0 Å². The van der Waals surface area contributed by atoms with E-state index in [2.05, 4.69) is 42.5 Å². The lowest BCUT2D eigenvalue weighted by atomic mass is 10.2. The highest BCUT2D eigenvalue weighted by molar-refractivity contribution is 8.03. The summed E-state index contributed by atoms with van der Waals surface area (Å²) < 4.78 is 0. The van der Waals surface area contributed by atoms with Gasteiger partial charge < -0.3 is 0 Å². The third-order valence-corrected chi connectivity index (χ3v) is 3.76. The van der Waals surface area contributed by atoms with E-state index in [-0.39, 0.29) is 5.38 Å². The Bertz CT molecular complexity index is 391. The van der Waals surface area contributed by atoms with E-state index in [0.29, 0.717) is 0 Å². The van der Waals surface area contributed by atoms with Gasteiger partial charge in [-0.3, -0.25) is 0 Å². The van der Waals surface area contributed by atoms with Crippen molar-refractivity contribution in [2.24, 2.45) is 0 Å². The maximum atomic E-state index is 6.07. The molecule has 0 saturated heterocycles. The molecule has 1 aliphatic rings. The molecule has 0 nitrogen and oxygen atoms in total. The van der Waals surface area contributed by atoms with E-state index in [1.807, 2.05) is 6.92 Å². The summed E-state index contributed by atoms with van der Waals surface area (Å²) in [6.45, 7) is 2.00. The quantitative estimate of drug-likeness (QED) is 0.638. The third kappa shape index (κ3) is 2.05. The van der Waals surface area contributed by atoms with E-state index in [4.69, 9.17) is 11.6 Å². The first kappa shape index (κ1) is 9.88. The van der Waals surface area contributed by atoms with Crippen molar-refractivity contribution in [3.63, 3.8) is 0 Å². The maximum absolute atomic E-state index is 6.07. The lowest BCUT2D eigenvalue weighted by molar-refractivity contribution is 1.20. The average Bonchev–Trinajstić information content (AvgIpc) is 2.39. The molecule has 0 aliphatic carbocycles. The monoisotopic (exact) mass is 222 g/mol. The van der Waals surface area contributed by atoms with Gasteiger partial charge in [0.1, 0.15) is 0 Å². The normalized spacial score (nSPS) is 16.9. The number of alkyl halides is 1. The Kier molecular flexibility index (Phi) is 2.99. The van der Waals surface area contributed by atoms with Crippen molar-refractivity contribution in [1.82, 2.24) is 0 Å². The molecular formula is C12H11ClS. The van der Waals surface area contributed by atoms with Gasteiger partial charge in [0.2, 0.25) is 0 Å². The van der Waals surface area contributed by atoms with Crippen LogP contribution in [0.2, 0.25) is 0 Å². The van der Waals surface area contributed by atoms with E-state index < -0.39 is 0 Å². The van der Waals surface area contributed by atoms with Crippen molar-refractivity contribution >= 4 is 29.4 Å². The first-order valence-corrected chi connectivity index (χ1v) is 5.82. The van der Waals surface area contributed by atoms with Gasteiger partial charge in [-0.2, -0.15) is 0 Å². The Balaban J connectivity index is 2.38. The second-order valence-electron chi connectivity index (χ2n) is 3.18. The van der Waals surface area contributed by atoms with Crippen LogP contribution in [-0.2, 0) is 0 Å². The second kappa shape index (κ2) is 4.24. The number of rotatable bonds is 1. The molecule has 0 amide bonds. The van der Waals surface area contributed by atoms with E-state index in [0.717, 1.165) is 0 Å². The Morgan fingerprint density at radius 2 is 2.07 bits per heavy atom. The number of thioether (sulfide) groups is 1. The van der Waals surface area contributed by atoms with Crippen LogP contribution in [0.1, 0.15) is 12.5 Å². The highest BCUT2D eigenvalue weighted by Crippen LogP contribution is 2.35. The zero-order valence-corrected chi connectivity index (χ0v) is 9.48. The molecule has 1 aliphatic heterocycles. The van der Waals surface area contributed by atoms with Gasteiger partial charge in [-0.05, 0) is 18.6 Å². The fraction of sp³-hybridized carbons (Fsp3) is 0.167. The van der Waals surface area contributed by atoms with Gasteiger partial charge in [0, 0.05) is 9.80 Å². The average molecular weight is 223 g/mol. The number of hydrogen-bond donors (Lipinski definition) is 0. The molecule has 2 rings (SSSR count). The number of hydrogen-bond acceptors (Lipinski definition) is 1. The Hall–Kier alpha value is -0.660. The largest absolute Gasteiger partial charge is 0.118 e. The molecule has 1 atom stereocenters. The summed E-state index contributed by atoms with van der Waals surface area (Å²) in [4.78, 5) is 2.48. The van der Waals surface area contributed by atoms with Crippen LogP contribution in [0.4, 0.5) is 0 Å². The van der Waals surface area contributed by atoms with Crippen molar-refractivity contribution in [2.45, 2.75) is 17.2 Å². The summed E-state index contributed by atoms with van der Waals surface area (Å²) in [5, 5.41) is 0.0795. The number of halogens is 1. The van der Waals surface area contributed by atoms with Crippen LogP contribution in [0.25, 0.3) is 6.08 Å². The fourth-order valence-corrected chi connectivity index (χ4v) is 2.50. The van der Waals surface area contributed by atoms with E-state index in [1.54, 1.807) is 11.8 Å². The smallest absolute Gasteiger partial charge is 0.0619 e. The van der Waals surface area contributed by atoms with Gasteiger partial charge in [0.15, 0.2) is 0 Å². The molecule has 0 spiro atoms. The highest BCUT2D eigenvalue weighted by Gasteiger charge is 2.10.